The SMILES string of the molecule is CC[C@@H](C(=O)NC(C)(C)C)N(CCc1ccccc1)C(=O)CN(c1ccc(OCc2ccccc2)cc1)S(C)(=O)=O. The Balaban J connectivity index is 1.82. The number of sulfonamides is 1. The first-order valence-electron chi connectivity index (χ1n) is 13.8. The standard InChI is InChI=1S/C32H41N3O5S/c1-6-29(31(37)33-32(2,3)4)34(22-21-25-13-9-7-10-14-25)30(36)23-35(41(5,38)39)27-17-19-28(20-18-27)40-24-26-15-11-8-12-16-26/h7-20,29H,6,21-24H2,1-5H3,(H,33,37)/t29-/m0/s1. The first-order valence-corrected chi connectivity index (χ1v) is 15.6. The maximum absolute atomic E-state index is 13.8. The molecular weight excluding hydrogens is 538 g/mol. The summed E-state index contributed by atoms with van der Waals surface area (Å²) >= 11 is 0. The van der Waals surface area contributed by atoms with Crippen LogP contribution in [-0.4, -0.2) is 56.1 Å². The summed E-state index contributed by atoms with van der Waals surface area (Å²) in [5, 5.41) is 2.97. The van der Waals surface area contributed by atoms with E-state index in [9.17, 15) is 18.0 Å². The number of carbonyl (C=O) groups is 2. The summed E-state index contributed by atoms with van der Waals surface area (Å²) in [6.45, 7) is 7.70. The zero-order chi connectivity index (χ0) is 30.0. The molecule has 1 N–H and O–H groups in total. The van der Waals surface area contributed by atoms with Gasteiger partial charge in [0.1, 0.15) is 24.9 Å². The quantitative estimate of drug-likeness (QED) is 0.314. The summed E-state index contributed by atoms with van der Waals surface area (Å²) in [7, 11) is -3.82. The molecule has 0 heterocycles. The predicted molar refractivity (Wildman–Crippen MR) is 163 cm³/mol. The second-order valence-corrected chi connectivity index (χ2v) is 12.9. The van der Waals surface area contributed by atoms with E-state index in [4.69, 9.17) is 4.74 Å². The van der Waals surface area contributed by atoms with Crippen molar-refractivity contribution in [2.24, 2.45) is 0 Å². The number of nitrogens with zero attached hydrogens (tertiary/aromatic N) is 2. The van der Waals surface area contributed by atoms with Gasteiger partial charge >= 0.3 is 0 Å². The summed E-state index contributed by atoms with van der Waals surface area (Å²) in [5.74, 6) is -0.148. The lowest BCUT2D eigenvalue weighted by molar-refractivity contribution is -0.140. The first-order chi connectivity index (χ1) is 19.4. The zero-order valence-corrected chi connectivity index (χ0v) is 25.4. The topological polar surface area (TPSA) is 96.0 Å². The van der Waals surface area contributed by atoms with Gasteiger partial charge in [-0.2, -0.15) is 0 Å². The van der Waals surface area contributed by atoms with Crippen LogP contribution < -0.4 is 14.4 Å². The third kappa shape index (κ3) is 9.93. The second-order valence-electron chi connectivity index (χ2n) is 11.0. The number of hydrogen-bond acceptors (Lipinski definition) is 5. The molecule has 0 fully saturated rings. The van der Waals surface area contributed by atoms with Crippen LogP contribution in [-0.2, 0) is 32.6 Å². The highest BCUT2D eigenvalue weighted by atomic mass is 32.2. The minimum absolute atomic E-state index is 0.267. The number of benzene rings is 3. The van der Waals surface area contributed by atoms with Crippen LogP contribution in [0.3, 0.4) is 0 Å². The van der Waals surface area contributed by atoms with Gasteiger partial charge < -0.3 is 15.0 Å². The summed E-state index contributed by atoms with van der Waals surface area (Å²) in [4.78, 5) is 28.6. The molecule has 0 saturated carbocycles. The maximum Gasteiger partial charge on any atom is 0.244 e. The summed E-state index contributed by atoms with van der Waals surface area (Å²) in [5.41, 5.74) is 1.88. The van der Waals surface area contributed by atoms with Crippen LogP contribution in [0.1, 0.15) is 45.2 Å². The molecule has 3 aromatic carbocycles. The van der Waals surface area contributed by atoms with E-state index in [0.717, 1.165) is 21.7 Å². The number of hydrogen-bond donors (Lipinski definition) is 1. The van der Waals surface area contributed by atoms with Gasteiger partial charge in [0.2, 0.25) is 21.8 Å². The molecule has 1 atom stereocenters. The smallest absolute Gasteiger partial charge is 0.244 e. The van der Waals surface area contributed by atoms with Crippen molar-refractivity contribution >= 4 is 27.5 Å². The summed E-state index contributed by atoms with van der Waals surface area (Å²) in [6.07, 6.45) is 1.98. The fraction of sp³-hybridized carbons (Fsp3) is 0.375. The van der Waals surface area contributed by atoms with Gasteiger partial charge in [0.15, 0.2) is 0 Å². The molecule has 220 valence electrons. The lowest BCUT2D eigenvalue weighted by atomic mass is 10.1. The molecule has 0 aliphatic carbocycles. The Bertz CT molecular complexity index is 1370. The highest BCUT2D eigenvalue weighted by Crippen LogP contribution is 2.23. The van der Waals surface area contributed by atoms with Crippen LogP contribution >= 0.6 is 0 Å². The summed E-state index contributed by atoms with van der Waals surface area (Å²) < 4.78 is 32.6. The molecule has 0 bridgehead atoms. The largest absolute Gasteiger partial charge is 0.489 e. The number of nitrogens with one attached hydrogen (secondary N) is 1. The summed E-state index contributed by atoms with van der Waals surface area (Å²) in [6, 6.07) is 25.2. The number of anilines is 1. The van der Waals surface area contributed by atoms with Crippen LogP contribution in [0.25, 0.3) is 0 Å². The number of ether oxygens (including phenoxy) is 1. The van der Waals surface area contributed by atoms with Crippen LogP contribution in [0.5, 0.6) is 5.75 Å². The molecule has 0 spiro atoms. The Labute approximate surface area is 244 Å². The van der Waals surface area contributed by atoms with Crippen molar-refractivity contribution < 1.29 is 22.7 Å². The molecule has 0 radical (unpaired) electrons. The van der Waals surface area contributed by atoms with Gasteiger partial charge in [-0.25, -0.2) is 8.42 Å². The van der Waals surface area contributed by atoms with Crippen molar-refractivity contribution in [3.8, 4) is 5.75 Å². The number of rotatable bonds is 13. The van der Waals surface area contributed by atoms with Crippen molar-refractivity contribution in [1.29, 1.82) is 0 Å². The van der Waals surface area contributed by atoms with E-state index in [1.54, 1.807) is 24.3 Å². The maximum atomic E-state index is 13.8. The van der Waals surface area contributed by atoms with Crippen LogP contribution in [0.15, 0.2) is 84.9 Å². The van der Waals surface area contributed by atoms with Crippen LogP contribution in [0.4, 0.5) is 5.69 Å². The Morgan fingerprint density at radius 3 is 1.95 bits per heavy atom. The van der Waals surface area contributed by atoms with Gasteiger partial charge in [-0.05, 0) is 69.0 Å². The number of amides is 2. The van der Waals surface area contributed by atoms with Crippen molar-refractivity contribution in [1.82, 2.24) is 10.2 Å². The molecule has 3 rings (SSSR count). The molecule has 0 unspecified atom stereocenters. The lowest BCUT2D eigenvalue weighted by Crippen LogP contribution is -2.56. The molecule has 9 heteroatoms. The van der Waals surface area contributed by atoms with E-state index in [0.29, 0.717) is 30.9 Å². The van der Waals surface area contributed by atoms with Crippen LogP contribution in [0.2, 0.25) is 0 Å². The van der Waals surface area contributed by atoms with Crippen molar-refractivity contribution in [2.45, 2.75) is 58.7 Å². The van der Waals surface area contributed by atoms with E-state index in [2.05, 4.69) is 5.32 Å². The Kier molecular flexibility index (Phi) is 10.9. The van der Waals surface area contributed by atoms with E-state index < -0.39 is 34.1 Å². The highest BCUT2D eigenvalue weighted by molar-refractivity contribution is 7.92. The van der Waals surface area contributed by atoms with Crippen molar-refractivity contribution in [3.05, 3.63) is 96.1 Å². The molecule has 41 heavy (non-hydrogen) atoms. The lowest BCUT2D eigenvalue weighted by Gasteiger charge is -2.34. The van der Waals surface area contributed by atoms with Gasteiger partial charge in [0.25, 0.3) is 0 Å². The third-order valence-electron chi connectivity index (χ3n) is 6.42. The molecule has 0 aliphatic rings. The first kappa shape index (κ1) is 31.7. The van der Waals surface area contributed by atoms with E-state index in [1.807, 2.05) is 88.4 Å². The van der Waals surface area contributed by atoms with Crippen molar-refractivity contribution in [2.75, 3.05) is 23.7 Å². The van der Waals surface area contributed by atoms with E-state index in [-0.39, 0.29) is 12.5 Å². The second kappa shape index (κ2) is 14.2. The Morgan fingerprint density at radius 2 is 1.44 bits per heavy atom. The molecule has 0 aliphatic heterocycles. The molecule has 0 aromatic heterocycles. The van der Waals surface area contributed by atoms with Gasteiger partial charge in [0.05, 0.1) is 11.9 Å². The molecule has 8 nitrogen and oxygen atoms in total. The van der Waals surface area contributed by atoms with E-state index >= 15 is 0 Å². The minimum atomic E-state index is -3.82. The predicted octanol–water partition coefficient (Wildman–Crippen LogP) is 4.80. The monoisotopic (exact) mass is 579 g/mol. The third-order valence-corrected chi connectivity index (χ3v) is 7.56. The molecule has 0 saturated heterocycles. The Morgan fingerprint density at radius 1 is 0.878 bits per heavy atom. The fourth-order valence-corrected chi connectivity index (χ4v) is 5.26. The zero-order valence-electron chi connectivity index (χ0n) is 24.5. The van der Waals surface area contributed by atoms with Crippen molar-refractivity contribution in [3.63, 3.8) is 0 Å². The Hall–Kier alpha value is -3.85. The van der Waals surface area contributed by atoms with Gasteiger partial charge in [-0.3, -0.25) is 13.9 Å². The average molecular weight is 580 g/mol. The minimum Gasteiger partial charge on any atom is -0.489 e. The van der Waals surface area contributed by atoms with E-state index in [1.165, 1.54) is 4.90 Å². The van der Waals surface area contributed by atoms with Gasteiger partial charge in [0, 0.05) is 12.1 Å². The fourth-order valence-electron chi connectivity index (χ4n) is 4.41. The van der Waals surface area contributed by atoms with Gasteiger partial charge in [-0.1, -0.05) is 67.6 Å². The van der Waals surface area contributed by atoms with Gasteiger partial charge in [-0.15, -0.1) is 0 Å². The normalized spacial score (nSPS) is 12.3. The molecule has 3 aromatic rings. The molecule has 2 amide bonds. The highest BCUT2D eigenvalue weighted by Gasteiger charge is 2.32. The number of carbonyl (C=O) groups excluding carboxylic acids is 2. The molecular formula is C32H41N3O5S. The average Bonchev–Trinajstić information content (AvgIpc) is 2.92. The van der Waals surface area contributed by atoms with Crippen LogP contribution in [0, 0.1) is 0 Å².